The van der Waals surface area contributed by atoms with E-state index in [-0.39, 0.29) is 11.4 Å². The summed E-state index contributed by atoms with van der Waals surface area (Å²) < 4.78 is 16.9. The lowest BCUT2D eigenvalue weighted by atomic mass is 9.90. The van der Waals surface area contributed by atoms with Gasteiger partial charge in [-0.15, -0.1) is 0 Å². The normalized spacial score (nSPS) is 21.4. The second-order valence-corrected chi connectivity index (χ2v) is 9.30. The molecule has 3 aromatic rings. The van der Waals surface area contributed by atoms with Gasteiger partial charge in [0.05, 0.1) is 19.4 Å². The van der Waals surface area contributed by atoms with Crippen LogP contribution in [0.25, 0.3) is 22.2 Å². The molecule has 4 heterocycles. The minimum Gasteiger partial charge on any atom is -0.496 e. The monoisotopic (exact) mass is 449 g/mol. The van der Waals surface area contributed by atoms with Gasteiger partial charge in [0.2, 0.25) is 5.95 Å². The van der Waals surface area contributed by atoms with Gasteiger partial charge >= 0.3 is 0 Å². The van der Waals surface area contributed by atoms with Crippen molar-refractivity contribution in [3.05, 3.63) is 36.0 Å². The van der Waals surface area contributed by atoms with Crippen molar-refractivity contribution in [3.8, 4) is 17.0 Å². The number of nitrogens with two attached hydrogens (primary N) is 1. The van der Waals surface area contributed by atoms with Crippen molar-refractivity contribution in [3.63, 3.8) is 0 Å². The molecule has 174 valence electrons. The molecule has 8 nitrogen and oxygen atoms in total. The Morgan fingerprint density at radius 1 is 1.15 bits per heavy atom. The molecule has 0 spiro atoms. The van der Waals surface area contributed by atoms with Crippen molar-refractivity contribution in [1.82, 2.24) is 15.0 Å². The topological polar surface area (TPSA) is 104 Å². The number of ether oxygens (including phenoxy) is 3. The van der Waals surface area contributed by atoms with Gasteiger partial charge in [-0.2, -0.15) is 0 Å². The average Bonchev–Trinajstić information content (AvgIpc) is 3.29. The fourth-order valence-electron chi connectivity index (χ4n) is 4.74. The molecule has 0 aliphatic carbocycles. The van der Waals surface area contributed by atoms with Crippen LogP contribution in [0.3, 0.4) is 0 Å². The van der Waals surface area contributed by atoms with Gasteiger partial charge in [0.25, 0.3) is 0 Å². The maximum absolute atomic E-state index is 6.16. The van der Waals surface area contributed by atoms with Crippen LogP contribution in [0, 0.1) is 5.41 Å². The molecule has 2 aliphatic heterocycles. The molecule has 8 heteroatoms. The van der Waals surface area contributed by atoms with E-state index in [1.165, 1.54) is 5.56 Å². The molecule has 33 heavy (non-hydrogen) atoms. The summed E-state index contributed by atoms with van der Waals surface area (Å²) in [4.78, 5) is 13.7. The molecular weight excluding hydrogens is 418 g/mol. The van der Waals surface area contributed by atoms with Crippen molar-refractivity contribution in [2.24, 2.45) is 5.41 Å². The molecule has 2 fully saturated rings. The van der Waals surface area contributed by atoms with Gasteiger partial charge < -0.3 is 25.3 Å². The largest absolute Gasteiger partial charge is 0.496 e. The number of hydrogen-bond donors (Lipinski definition) is 2. The lowest BCUT2D eigenvalue weighted by molar-refractivity contribution is 0.0853. The van der Waals surface area contributed by atoms with Gasteiger partial charge in [0.1, 0.15) is 11.3 Å². The fraction of sp³-hybridized carbons (Fsp3) is 0.480. The molecular formula is C25H31N5O3. The first-order chi connectivity index (χ1) is 16.1. The van der Waals surface area contributed by atoms with Crippen molar-refractivity contribution in [2.75, 3.05) is 51.1 Å². The number of benzene rings is 1. The molecule has 2 aromatic heterocycles. The first-order valence-corrected chi connectivity index (χ1v) is 11.6. The van der Waals surface area contributed by atoms with Gasteiger partial charge in [-0.25, -0.2) is 15.0 Å². The van der Waals surface area contributed by atoms with Gasteiger partial charge in [-0.1, -0.05) is 13.0 Å². The van der Waals surface area contributed by atoms with Gasteiger partial charge in [0, 0.05) is 48.9 Å². The van der Waals surface area contributed by atoms with E-state index in [1.807, 2.05) is 6.07 Å². The molecule has 5 rings (SSSR count). The van der Waals surface area contributed by atoms with Gasteiger partial charge in [0.15, 0.2) is 5.82 Å². The molecule has 0 saturated carbocycles. The number of nitrogen functional groups attached to an aromatic ring is 1. The first kappa shape index (κ1) is 21.9. The maximum Gasteiger partial charge on any atom is 0.221 e. The number of nitrogens with zero attached hydrogens (tertiary/aromatic N) is 3. The Balaban J connectivity index is 1.53. The fourth-order valence-corrected chi connectivity index (χ4v) is 4.74. The number of fused-ring (bicyclic) bond motifs is 1. The van der Waals surface area contributed by atoms with E-state index in [4.69, 9.17) is 19.9 Å². The molecule has 1 unspecified atom stereocenters. The molecule has 0 bridgehead atoms. The van der Waals surface area contributed by atoms with E-state index >= 15 is 0 Å². The second kappa shape index (κ2) is 9.11. The lowest BCUT2D eigenvalue weighted by Gasteiger charge is -2.23. The number of hydrogen-bond acceptors (Lipinski definition) is 8. The number of methoxy groups -OCH3 is 1. The van der Waals surface area contributed by atoms with Crippen LogP contribution in [0.4, 0.5) is 11.8 Å². The predicted molar refractivity (Wildman–Crippen MR) is 129 cm³/mol. The summed E-state index contributed by atoms with van der Waals surface area (Å²) in [5.74, 6) is 2.17. The molecule has 1 aromatic carbocycles. The summed E-state index contributed by atoms with van der Waals surface area (Å²) in [7, 11) is 1.69. The minimum atomic E-state index is 0.0778. The van der Waals surface area contributed by atoms with Crippen LogP contribution in [0.5, 0.6) is 5.75 Å². The van der Waals surface area contributed by atoms with Crippen LogP contribution in [-0.2, 0) is 9.47 Å². The zero-order chi connectivity index (χ0) is 22.8. The SMILES string of the molecule is COc1cc(C2CCOCC2)ccc1-c1nc(N)nc2c(NCC3(C)CCOC3)nccc12. The van der Waals surface area contributed by atoms with Crippen LogP contribution >= 0.6 is 0 Å². The Labute approximate surface area is 193 Å². The van der Waals surface area contributed by atoms with Crippen LogP contribution in [-0.4, -0.2) is 55.0 Å². The highest BCUT2D eigenvalue weighted by molar-refractivity contribution is 5.99. The summed E-state index contributed by atoms with van der Waals surface area (Å²) in [5.41, 5.74) is 9.84. The Kier molecular flexibility index (Phi) is 6.03. The summed E-state index contributed by atoms with van der Waals surface area (Å²) in [6, 6.07) is 8.30. The van der Waals surface area contributed by atoms with Crippen molar-refractivity contribution in [1.29, 1.82) is 0 Å². The number of rotatable bonds is 6. The molecule has 2 aliphatic rings. The van der Waals surface area contributed by atoms with Crippen molar-refractivity contribution >= 4 is 22.7 Å². The Hall–Kier alpha value is -2.97. The number of aromatic nitrogens is 3. The molecule has 0 radical (unpaired) electrons. The quantitative estimate of drug-likeness (QED) is 0.582. The number of anilines is 2. The van der Waals surface area contributed by atoms with Gasteiger partial charge in [-0.3, -0.25) is 0 Å². The molecule has 2 saturated heterocycles. The first-order valence-electron chi connectivity index (χ1n) is 11.6. The lowest BCUT2D eigenvalue weighted by Crippen LogP contribution is -2.27. The van der Waals surface area contributed by atoms with E-state index in [1.54, 1.807) is 13.3 Å². The smallest absolute Gasteiger partial charge is 0.221 e. The average molecular weight is 450 g/mol. The van der Waals surface area contributed by atoms with E-state index in [9.17, 15) is 0 Å². The van der Waals surface area contributed by atoms with Crippen LogP contribution < -0.4 is 15.8 Å². The maximum atomic E-state index is 6.16. The Morgan fingerprint density at radius 3 is 2.76 bits per heavy atom. The zero-order valence-electron chi connectivity index (χ0n) is 19.3. The van der Waals surface area contributed by atoms with E-state index < -0.39 is 0 Å². The van der Waals surface area contributed by atoms with E-state index in [0.717, 1.165) is 74.6 Å². The molecule has 3 N–H and O–H groups in total. The van der Waals surface area contributed by atoms with Gasteiger partial charge in [-0.05, 0) is 48.9 Å². The number of pyridine rings is 1. The Bertz CT molecular complexity index is 1140. The summed E-state index contributed by atoms with van der Waals surface area (Å²) in [6.45, 7) is 6.11. The predicted octanol–water partition coefficient (Wildman–Crippen LogP) is 4.02. The third kappa shape index (κ3) is 4.45. The van der Waals surface area contributed by atoms with Crippen molar-refractivity contribution < 1.29 is 14.2 Å². The third-order valence-corrected chi connectivity index (χ3v) is 6.79. The summed E-state index contributed by atoms with van der Waals surface area (Å²) >= 11 is 0. The molecule has 1 atom stereocenters. The van der Waals surface area contributed by atoms with E-state index in [2.05, 4.69) is 45.4 Å². The van der Waals surface area contributed by atoms with Crippen LogP contribution in [0.1, 0.15) is 37.7 Å². The van der Waals surface area contributed by atoms with E-state index in [0.29, 0.717) is 17.3 Å². The standard InChI is InChI=1S/C25H31N5O3/c1-25(8-12-33-15-25)14-28-23-22-19(5-9-27-23)21(29-24(26)30-22)18-4-3-17(13-20(18)31-2)16-6-10-32-11-7-16/h3-5,9,13,16H,6-8,10-12,14-15H2,1-2H3,(H,27,28)(H2,26,29,30). The van der Waals surface area contributed by atoms with Crippen molar-refractivity contribution in [2.45, 2.75) is 32.1 Å². The minimum absolute atomic E-state index is 0.0778. The zero-order valence-corrected chi connectivity index (χ0v) is 19.3. The second-order valence-electron chi connectivity index (χ2n) is 9.30. The van der Waals surface area contributed by atoms with Crippen LogP contribution in [0.2, 0.25) is 0 Å². The Morgan fingerprint density at radius 2 is 2.00 bits per heavy atom. The third-order valence-electron chi connectivity index (χ3n) is 6.79. The highest BCUT2D eigenvalue weighted by atomic mass is 16.5. The highest BCUT2D eigenvalue weighted by Crippen LogP contribution is 2.38. The summed E-state index contributed by atoms with van der Waals surface area (Å²) in [5, 5.41) is 4.36. The number of nitrogens with one attached hydrogen (secondary N) is 1. The summed E-state index contributed by atoms with van der Waals surface area (Å²) in [6.07, 6.45) is 4.85. The highest BCUT2D eigenvalue weighted by Gasteiger charge is 2.30. The van der Waals surface area contributed by atoms with Crippen LogP contribution in [0.15, 0.2) is 30.5 Å². The molecule has 0 amide bonds.